The lowest BCUT2D eigenvalue weighted by molar-refractivity contribution is -0.152. The van der Waals surface area contributed by atoms with Gasteiger partial charge in [0.25, 0.3) is 0 Å². The standard InChI is InChI=1S/C9H26O3Si3/c1-8-13-10-9(11-14(2,3)4)12-15(5,6)7/h9H,8,13H2,1-7H3. The molecule has 6 heteroatoms. The van der Waals surface area contributed by atoms with Gasteiger partial charge in [0.15, 0.2) is 26.4 Å². The minimum atomic E-state index is -1.58. The average Bonchev–Trinajstić information content (AvgIpc) is 1.94. The van der Waals surface area contributed by atoms with E-state index in [1.807, 2.05) is 0 Å². The first-order chi connectivity index (χ1) is 6.64. The summed E-state index contributed by atoms with van der Waals surface area (Å²) in [5, 5.41) is 0. The van der Waals surface area contributed by atoms with Crippen LogP contribution in [-0.2, 0) is 13.3 Å². The summed E-state index contributed by atoms with van der Waals surface area (Å²) in [5.41, 5.74) is 0. The molecule has 0 N–H and O–H groups in total. The fourth-order valence-electron chi connectivity index (χ4n) is 0.884. The Morgan fingerprint density at radius 2 is 1.33 bits per heavy atom. The molecule has 0 aromatic carbocycles. The van der Waals surface area contributed by atoms with Crippen molar-refractivity contribution in [2.75, 3.05) is 0 Å². The summed E-state index contributed by atoms with van der Waals surface area (Å²) >= 11 is 0. The van der Waals surface area contributed by atoms with Crippen molar-refractivity contribution in [1.82, 2.24) is 0 Å². The zero-order valence-electron chi connectivity index (χ0n) is 11.2. The second-order valence-electron chi connectivity index (χ2n) is 5.62. The SMILES string of the molecule is CC[SiH2]OC(O[Si](C)(C)C)O[Si](C)(C)C. The average molecular weight is 267 g/mol. The van der Waals surface area contributed by atoms with Crippen molar-refractivity contribution in [3.05, 3.63) is 0 Å². The van der Waals surface area contributed by atoms with Gasteiger partial charge in [-0.2, -0.15) is 0 Å². The highest BCUT2D eigenvalue weighted by molar-refractivity contribution is 6.70. The van der Waals surface area contributed by atoms with Crippen molar-refractivity contribution in [1.29, 1.82) is 0 Å². The van der Waals surface area contributed by atoms with Crippen LogP contribution in [0, 0.1) is 0 Å². The lowest BCUT2D eigenvalue weighted by Crippen LogP contribution is -2.41. The smallest absolute Gasteiger partial charge is 0.242 e. The molecule has 0 aliphatic heterocycles. The van der Waals surface area contributed by atoms with Crippen molar-refractivity contribution in [3.8, 4) is 0 Å². The summed E-state index contributed by atoms with van der Waals surface area (Å²) in [5.74, 6) is 0. The maximum absolute atomic E-state index is 5.88. The molecule has 0 unspecified atom stereocenters. The Morgan fingerprint density at radius 1 is 0.933 bits per heavy atom. The van der Waals surface area contributed by atoms with Crippen LogP contribution in [0.1, 0.15) is 6.92 Å². The van der Waals surface area contributed by atoms with Crippen molar-refractivity contribution < 1.29 is 13.3 Å². The third-order valence-electron chi connectivity index (χ3n) is 1.36. The summed E-state index contributed by atoms with van der Waals surface area (Å²) in [4.78, 5) is 0. The van der Waals surface area contributed by atoms with E-state index in [2.05, 4.69) is 46.2 Å². The van der Waals surface area contributed by atoms with Gasteiger partial charge in [0.05, 0.1) is 0 Å². The Bertz CT molecular complexity index is 158. The lowest BCUT2D eigenvalue weighted by atomic mass is 11.0. The van der Waals surface area contributed by atoms with Crippen LogP contribution in [0.15, 0.2) is 0 Å². The van der Waals surface area contributed by atoms with Gasteiger partial charge < -0.3 is 13.3 Å². The van der Waals surface area contributed by atoms with E-state index >= 15 is 0 Å². The van der Waals surface area contributed by atoms with Crippen LogP contribution in [0.3, 0.4) is 0 Å². The van der Waals surface area contributed by atoms with E-state index in [-0.39, 0.29) is 0 Å². The molecule has 0 spiro atoms. The fourth-order valence-corrected chi connectivity index (χ4v) is 3.20. The van der Waals surface area contributed by atoms with Gasteiger partial charge in [-0.05, 0) is 45.3 Å². The van der Waals surface area contributed by atoms with Gasteiger partial charge in [0.2, 0.25) is 6.48 Å². The fraction of sp³-hybridized carbons (Fsp3) is 1.00. The molecule has 0 aromatic heterocycles. The maximum Gasteiger partial charge on any atom is 0.242 e. The van der Waals surface area contributed by atoms with E-state index in [4.69, 9.17) is 13.3 Å². The van der Waals surface area contributed by atoms with Crippen LogP contribution >= 0.6 is 0 Å². The van der Waals surface area contributed by atoms with E-state index in [1.165, 1.54) is 0 Å². The molecule has 0 radical (unpaired) electrons. The van der Waals surface area contributed by atoms with Crippen LogP contribution < -0.4 is 0 Å². The summed E-state index contributed by atoms with van der Waals surface area (Å²) < 4.78 is 17.5. The number of hydrogen-bond donors (Lipinski definition) is 0. The van der Waals surface area contributed by atoms with Crippen LogP contribution in [0.25, 0.3) is 0 Å². The molecule has 0 rings (SSSR count). The van der Waals surface area contributed by atoms with Crippen molar-refractivity contribution in [3.63, 3.8) is 0 Å². The number of rotatable bonds is 7. The third kappa shape index (κ3) is 10.8. The molecule has 15 heavy (non-hydrogen) atoms. The summed E-state index contributed by atoms with van der Waals surface area (Å²) in [6.45, 7) is 14.7. The van der Waals surface area contributed by atoms with E-state index in [0.29, 0.717) is 0 Å². The van der Waals surface area contributed by atoms with Crippen LogP contribution in [0.5, 0.6) is 0 Å². The minimum Gasteiger partial charge on any atom is -0.380 e. The minimum absolute atomic E-state index is 0.394. The van der Waals surface area contributed by atoms with Crippen molar-refractivity contribution >= 4 is 26.4 Å². The molecule has 0 aliphatic carbocycles. The van der Waals surface area contributed by atoms with Gasteiger partial charge in [-0.3, -0.25) is 0 Å². The first-order valence-corrected chi connectivity index (χ1v) is 14.0. The molecule has 0 saturated heterocycles. The Labute approximate surface area is 98.7 Å². The molecule has 0 aliphatic rings. The predicted octanol–water partition coefficient (Wildman–Crippen LogP) is 2.51. The van der Waals surface area contributed by atoms with E-state index in [9.17, 15) is 0 Å². The first-order valence-electron chi connectivity index (χ1n) is 5.61. The maximum atomic E-state index is 5.88. The Kier molecular flexibility index (Phi) is 6.53. The molecule has 0 saturated carbocycles. The highest BCUT2D eigenvalue weighted by Gasteiger charge is 2.27. The third-order valence-corrected chi connectivity index (χ3v) is 4.07. The zero-order chi connectivity index (χ0) is 12.1. The molecule has 0 amide bonds. The van der Waals surface area contributed by atoms with Gasteiger partial charge in [-0.25, -0.2) is 0 Å². The van der Waals surface area contributed by atoms with Crippen LogP contribution in [0.2, 0.25) is 45.3 Å². The summed E-state index contributed by atoms with van der Waals surface area (Å²) in [6.07, 6.45) is 0. The Hall–Kier alpha value is 0.531. The number of hydrogen-bond acceptors (Lipinski definition) is 3. The first kappa shape index (κ1) is 15.5. The van der Waals surface area contributed by atoms with E-state index in [0.717, 1.165) is 6.04 Å². The van der Waals surface area contributed by atoms with Crippen LogP contribution in [-0.4, -0.2) is 32.9 Å². The second-order valence-corrected chi connectivity index (χ2v) is 16.3. The highest BCUT2D eigenvalue weighted by atomic mass is 28.4. The molecule has 0 bridgehead atoms. The van der Waals surface area contributed by atoms with Crippen molar-refractivity contribution in [2.45, 2.75) is 58.7 Å². The van der Waals surface area contributed by atoms with E-state index in [1.54, 1.807) is 0 Å². The topological polar surface area (TPSA) is 27.7 Å². The van der Waals surface area contributed by atoms with E-state index < -0.39 is 32.9 Å². The molecular weight excluding hydrogens is 240 g/mol. The van der Waals surface area contributed by atoms with Gasteiger partial charge in [0, 0.05) is 0 Å². The Balaban J connectivity index is 4.19. The quantitative estimate of drug-likeness (QED) is 0.523. The molecule has 0 fully saturated rings. The van der Waals surface area contributed by atoms with Gasteiger partial charge in [0.1, 0.15) is 0 Å². The largest absolute Gasteiger partial charge is 0.380 e. The van der Waals surface area contributed by atoms with Gasteiger partial charge in [-0.1, -0.05) is 6.92 Å². The molecule has 92 valence electrons. The summed E-state index contributed by atoms with van der Waals surface area (Å²) in [7, 11) is -3.62. The summed E-state index contributed by atoms with van der Waals surface area (Å²) in [6, 6.07) is 1.13. The monoisotopic (exact) mass is 266 g/mol. The zero-order valence-corrected chi connectivity index (χ0v) is 14.6. The molecular formula is C9H26O3Si3. The van der Waals surface area contributed by atoms with Crippen molar-refractivity contribution in [2.24, 2.45) is 0 Å². The highest BCUT2D eigenvalue weighted by Crippen LogP contribution is 2.14. The molecule has 0 aromatic rings. The second kappa shape index (κ2) is 6.31. The van der Waals surface area contributed by atoms with Crippen LogP contribution in [0.4, 0.5) is 0 Å². The van der Waals surface area contributed by atoms with Gasteiger partial charge in [-0.15, -0.1) is 0 Å². The normalized spacial score (nSPS) is 14.4. The molecule has 3 nitrogen and oxygen atoms in total. The lowest BCUT2D eigenvalue weighted by Gasteiger charge is -2.31. The molecule has 0 heterocycles. The molecule has 0 atom stereocenters. The Morgan fingerprint density at radius 3 is 1.60 bits per heavy atom. The predicted molar refractivity (Wildman–Crippen MR) is 72.8 cm³/mol. The van der Waals surface area contributed by atoms with Gasteiger partial charge >= 0.3 is 0 Å².